The predicted molar refractivity (Wildman–Crippen MR) is 61.1 cm³/mol. The number of thioether (sulfide) groups is 1. The van der Waals surface area contributed by atoms with Crippen molar-refractivity contribution in [1.82, 2.24) is 9.78 Å². The average Bonchev–Trinajstić information content (AvgIpc) is 2.48. The Morgan fingerprint density at radius 1 is 1.53 bits per heavy atom. The van der Waals surface area contributed by atoms with Crippen LogP contribution in [0.1, 0.15) is 17.7 Å². The van der Waals surface area contributed by atoms with Crippen LogP contribution in [0.2, 0.25) is 0 Å². The van der Waals surface area contributed by atoms with Crippen molar-refractivity contribution in [2.24, 2.45) is 7.05 Å². The average molecular weight is 230 g/mol. The maximum absolute atomic E-state index is 9.22. The van der Waals surface area contributed by atoms with Crippen LogP contribution in [-0.4, -0.2) is 34.4 Å². The molecule has 0 saturated carbocycles. The molecule has 0 atom stereocenters. The molecule has 0 aromatic carbocycles. The molecule has 0 amide bonds. The summed E-state index contributed by atoms with van der Waals surface area (Å²) in [6.45, 7) is 2.76. The van der Waals surface area contributed by atoms with E-state index in [4.69, 9.17) is 4.74 Å². The highest BCUT2D eigenvalue weighted by Gasteiger charge is 2.12. The molecule has 1 N–H and O–H groups in total. The standard InChI is InChI=1S/C10H18N2O2S/c1-8-9(7-13)10(12(2)11-8)15-6-4-5-14-3/h13H,4-7H2,1-3H3. The van der Waals surface area contributed by atoms with E-state index in [0.717, 1.165) is 35.1 Å². The van der Waals surface area contributed by atoms with E-state index in [9.17, 15) is 5.11 Å². The van der Waals surface area contributed by atoms with Gasteiger partial charge in [0, 0.05) is 32.1 Å². The van der Waals surface area contributed by atoms with Crippen LogP contribution in [0.3, 0.4) is 0 Å². The van der Waals surface area contributed by atoms with Gasteiger partial charge in [-0.2, -0.15) is 5.10 Å². The van der Waals surface area contributed by atoms with Gasteiger partial charge in [0.2, 0.25) is 0 Å². The lowest BCUT2D eigenvalue weighted by atomic mass is 10.3. The first-order valence-electron chi connectivity index (χ1n) is 4.95. The summed E-state index contributed by atoms with van der Waals surface area (Å²) in [5, 5.41) is 14.6. The Morgan fingerprint density at radius 3 is 2.87 bits per heavy atom. The van der Waals surface area contributed by atoms with E-state index in [0.29, 0.717) is 0 Å². The second-order valence-corrected chi connectivity index (χ2v) is 4.43. The first-order valence-corrected chi connectivity index (χ1v) is 5.94. The van der Waals surface area contributed by atoms with Gasteiger partial charge in [-0.3, -0.25) is 4.68 Å². The van der Waals surface area contributed by atoms with Crippen molar-refractivity contribution < 1.29 is 9.84 Å². The Balaban J connectivity index is 2.59. The molecule has 0 aliphatic rings. The largest absolute Gasteiger partial charge is 0.392 e. The van der Waals surface area contributed by atoms with Crippen molar-refractivity contribution in [3.8, 4) is 0 Å². The van der Waals surface area contributed by atoms with E-state index in [2.05, 4.69) is 5.10 Å². The van der Waals surface area contributed by atoms with E-state index in [-0.39, 0.29) is 6.61 Å². The molecule has 0 bridgehead atoms. The highest BCUT2D eigenvalue weighted by molar-refractivity contribution is 7.99. The molecule has 86 valence electrons. The molecule has 0 fully saturated rings. The fourth-order valence-electron chi connectivity index (χ4n) is 1.42. The molecular formula is C10H18N2O2S. The second-order valence-electron chi connectivity index (χ2n) is 3.35. The maximum Gasteiger partial charge on any atom is 0.0994 e. The van der Waals surface area contributed by atoms with Crippen molar-refractivity contribution in [3.63, 3.8) is 0 Å². The van der Waals surface area contributed by atoms with Gasteiger partial charge in [0.15, 0.2) is 0 Å². The normalized spacial score (nSPS) is 10.9. The molecule has 1 aromatic rings. The lowest BCUT2D eigenvalue weighted by molar-refractivity contribution is 0.200. The third-order valence-corrected chi connectivity index (χ3v) is 3.46. The Labute approximate surface area is 94.6 Å². The molecule has 0 saturated heterocycles. The van der Waals surface area contributed by atoms with Crippen molar-refractivity contribution in [2.45, 2.75) is 25.0 Å². The van der Waals surface area contributed by atoms with Crippen LogP contribution in [0, 0.1) is 6.92 Å². The van der Waals surface area contributed by atoms with Crippen molar-refractivity contribution in [2.75, 3.05) is 19.5 Å². The Bertz CT molecular complexity index is 313. The molecule has 0 spiro atoms. The van der Waals surface area contributed by atoms with E-state index in [1.807, 2.05) is 18.7 Å². The first kappa shape index (κ1) is 12.5. The minimum absolute atomic E-state index is 0.0618. The van der Waals surface area contributed by atoms with E-state index < -0.39 is 0 Å². The van der Waals surface area contributed by atoms with Crippen molar-refractivity contribution in [1.29, 1.82) is 0 Å². The Morgan fingerprint density at radius 2 is 2.27 bits per heavy atom. The third-order valence-electron chi connectivity index (χ3n) is 2.18. The summed E-state index contributed by atoms with van der Waals surface area (Å²) in [4.78, 5) is 0. The van der Waals surface area contributed by atoms with E-state index in [1.165, 1.54) is 0 Å². The Kier molecular flexibility index (Phi) is 5.14. The van der Waals surface area contributed by atoms with Crippen LogP contribution in [0.15, 0.2) is 5.03 Å². The maximum atomic E-state index is 9.22. The van der Waals surface area contributed by atoms with Crippen LogP contribution >= 0.6 is 11.8 Å². The van der Waals surface area contributed by atoms with Gasteiger partial charge in [0.05, 0.1) is 17.3 Å². The fourth-order valence-corrected chi connectivity index (χ4v) is 2.49. The topological polar surface area (TPSA) is 47.3 Å². The van der Waals surface area contributed by atoms with Crippen LogP contribution in [0.25, 0.3) is 0 Å². The molecular weight excluding hydrogens is 212 g/mol. The number of aryl methyl sites for hydroxylation is 2. The van der Waals surface area contributed by atoms with Gasteiger partial charge in [0.25, 0.3) is 0 Å². The zero-order chi connectivity index (χ0) is 11.3. The molecule has 0 radical (unpaired) electrons. The van der Waals surface area contributed by atoms with E-state index in [1.54, 1.807) is 18.9 Å². The summed E-state index contributed by atoms with van der Waals surface area (Å²) >= 11 is 1.72. The molecule has 0 unspecified atom stereocenters. The first-order chi connectivity index (χ1) is 7.20. The number of hydrogen-bond acceptors (Lipinski definition) is 4. The molecule has 0 aliphatic carbocycles. The summed E-state index contributed by atoms with van der Waals surface area (Å²) in [5.74, 6) is 0.986. The Hall–Kier alpha value is -0.520. The fraction of sp³-hybridized carbons (Fsp3) is 0.700. The van der Waals surface area contributed by atoms with Crippen LogP contribution in [-0.2, 0) is 18.4 Å². The molecule has 1 aromatic heterocycles. The number of aliphatic hydroxyl groups excluding tert-OH is 1. The van der Waals surface area contributed by atoms with Crippen LogP contribution in [0.4, 0.5) is 0 Å². The summed E-state index contributed by atoms with van der Waals surface area (Å²) in [6.07, 6.45) is 1.01. The highest BCUT2D eigenvalue weighted by atomic mass is 32.2. The minimum atomic E-state index is 0.0618. The molecule has 4 nitrogen and oxygen atoms in total. The van der Waals surface area contributed by atoms with Crippen molar-refractivity contribution >= 4 is 11.8 Å². The molecule has 5 heteroatoms. The van der Waals surface area contributed by atoms with Gasteiger partial charge < -0.3 is 9.84 Å². The number of rotatable bonds is 6. The number of aromatic nitrogens is 2. The zero-order valence-corrected chi connectivity index (χ0v) is 10.3. The van der Waals surface area contributed by atoms with E-state index >= 15 is 0 Å². The lowest BCUT2D eigenvalue weighted by Crippen LogP contribution is -1.96. The minimum Gasteiger partial charge on any atom is -0.392 e. The van der Waals surface area contributed by atoms with Gasteiger partial charge >= 0.3 is 0 Å². The summed E-state index contributed by atoms with van der Waals surface area (Å²) in [7, 11) is 3.61. The SMILES string of the molecule is COCCCSc1c(CO)c(C)nn1C. The van der Waals surface area contributed by atoms with Gasteiger partial charge in [-0.1, -0.05) is 0 Å². The lowest BCUT2D eigenvalue weighted by Gasteiger charge is -2.04. The number of aliphatic hydroxyl groups is 1. The number of nitrogens with zero attached hydrogens (tertiary/aromatic N) is 2. The molecule has 1 heterocycles. The summed E-state index contributed by atoms with van der Waals surface area (Å²) in [5.41, 5.74) is 1.86. The predicted octanol–water partition coefficient (Wildman–Crippen LogP) is 1.35. The van der Waals surface area contributed by atoms with Crippen LogP contribution in [0.5, 0.6) is 0 Å². The monoisotopic (exact) mass is 230 g/mol. The number of methoxy groups -OCH3 is 1. The zero-order valence-electron chi connectivity index (χ0n) is 9.49. The highest BCUT2D eigenvalue weighted by Crippen LogP contribution is 2.25. The molecule has 1 rings (SSSR count). The molecule has 15 heavy (non-hydrogen) atoms. The summed E-state index contributed by atoms with van der Waals surface area (Å²) in [6, 6.07) is 0. The van der Waals surface area contributed by atoms with Gasteiger partial charge in [-0.15, -0.1) is 11.8 Å². The third kappa shape index (κ3) is 3.22. The quantitative estimate of drug-likeness (QED) is 0.592. The smallest absolute Gasteiger partial charge is 0.0994 e. The van der Waals surface area contributed by atoms with Crippen molar-refractivity contribution in [3.05, 3.63) is 11.3 Å². The van der Waals surface area contributed by atoms with Gasteiger partial charge in [0.1, 0.15) is 0 Å². The number of ether oxygens (including phenoxy) is 1. The summed E-state index contributed by atoms with van der Waals surface area (Å²) < 4.78 is 6.82. The van der Waals surface area contributed by atoms with Gasteiger partial charge in [-0.25, -0.2) is 0 Å². The van der Waals surface area contributed by atoms with Crippen LogP contribution < -0.4 is 0 Å². The second kappa shape index (κ2) is 6.15. The van der Waals surface area contributed by atoms with Gasteiger partial charge in [-0.05, 0) is 13.3 Å². The molecule has 0 aliphatic heterocycles. The number of hydrogen-bond donors (Lipinski definition) is 1.